The summed E-state index contributed by atoms with van der Waals surface area (Å²) in [5.74, 6) is 0.0134. The van der Waals surface area contributed by atoms with Crippen molar-refractivity contribution in [1.29, 1.82) is 0 Å². The van der Waals surface area contributed by atoms with Gasteiger partial charge in [0.05, 0.1) is 49.1 Å². The number of halogens is 1. The van der Waals surface area contributed by atoms with Gasteiger partial charge in [0.1, 0.15) is 0 Å². The number of ether oxygens (including phenoxy) is 2. The quantitative estimate of drug-likeness (QED) is 0.839. The minimum atomic E-state index is -3.93. The maximum Gasteiger partial charge on any atom is 0.267 e. The normalized spacial score (nSPS) is 15.0. The van der Waals surface area contributed by atoms with Crippen LogP contribution in [0.2, 0.25) is 5.02 Å². The van der Waals surface area contributed by atoms with Crippen molar-refractivity contribution in [2.45, 2.75) is 4.90 Å². The zero-order valence-electron chi connectivity index (χ0n) is 13.5. The average Bonchev–Trinajstić information content (AvgIpc) is 2.61. The summed E-state index contributed by atoms with van der Waals surface area (Å²) in [6.45, 7) is 2.50. The van der Waals surface area contributed by atoms with Crippen molar-refractivity contribution in [1.82, 2.24) is 9.97 Å². The zero-order valence-corrected chi connectivity index (χ0v) is 15.0. The van der Waals surface area contributed by atoms with E-state index in [0.29, 0.717) is 37.0 Å². The van der Waals surface area contributed by atoms with Gasteiger partial charge >= 0.3 is 0 Å². The maximum absolute atomic E-state index is 12.8. The summed E-state index contributed by atoms with van der Waals surface area (Å²) in [5.41, 5.74) is 0.944. The number of sulfonamides is 1. The van der Waals surface area contributed by atoms with E-state index in [-0.39, 0.29) is 16.5 Å². The molecule has 25 heavy (non-hydrogen) atoms. The number of rotatable bonds is 5. The number of hydrogen-bond acceptors (Lipinski definition) is 7. The van der Waals surface area contributed by atoms with E-state index in [1.54, 1.807) is 6.20 Å². The molecule has 1 aliphatic rings. The number of nitrogens with one attached hydrogen (secondary N) is 1. The molecule has 8 nitrogen and oxygen atoms in total. The van der Waals surface area contributed by atoms with Crippen molar-refractivity contribution in [2.75, 3.05) is 43.0 Å². The number of aromatic nitrogens is 2. The molecule has 1 aliphatic heterocycles. The molecule has 0 aliphatic carbocycles. The molecule has 0 radical (unpaired) electrons. The van der Waals surface area contributed by atoms with Crippen LogP contribution in [0.3, 0.4) is 0 Å². The molecular weight excluding hydrogens is 368 g/mol. The first kappa shape index (κ1) is 17.7. The number of hydrogen-bond donors (Lipinski definition) is 1. The number of nitrogens with zero attached hydrogens (tertiary/aromatic N) is 3. The molecule has 10 heteroatoms. The first-order valence-electron chi connectivity index (χ1n) is 7.50. The Labute approximate surface area is 150 Å². The molecule has 1 saturated heterocycles. The summed E-state index contributed by atoms with van der Waals surface area (Å²) in [4.78, 5) is 9.95. The second-order valence-electron chi connectivity index (χ2n) is 5.30. The van der Waals surface area contributed by atoms with Crippen molar-refractivity contribution in [3.63, 3.8) is 0 Å². The van der Waals surface area contributed by atoms with Gasteiger partial charge in [-0.2, -0.15) is 0 Å². The Morgan fingerprint density at radius 2 is 2.00 bits per heavy atom. The van der Waals surface area contributed by atoms with Crippen LogP contribution in [0.15, 0.2) is 35.6 Å². The lowest BCUT2D eigenvalue weighted by molar-refractivity contribution is 0.122. The van der Waals surface area contributed by atoms with Gasteiger partial charge in [-0.05, 0) is 12.1 Å². The third kappa shape index (κ3) is 4.12. The fourth-order valence-electron chi connectivity index (χ4n) is 2.44. The van der Waals surface area contributed by atoms with Crippen LogP contribution in [0.25, 0.3) is 0 Å². The molecule has 2 aromatic rings. The van der Waals surface area contributed by atoms with Crippen LogP contribution in [0.1, 0.15) is 0 Å². The van der Waals surface area contributed by atoms with Crippen LogP contribution >= 0.6 is 11.6 Å². The maximum atomic E-state index is 12.8. The molecule has 3 heterocycles. The predicted molar refractivity (Wildman–Crippen MR) is 93.9 cm³/mol. The van der Waals surface area contributed by atoms with Crippen LogP contribution in [0.5, 0.6) is 5.88 Å². The highest BCUT2D eigenvalue weighted by atomic mass is 35.5. The Balaban J connectivity index is 1.95. The SMILES string of the molecule is COc1ncc(N2CCOCC2)cc1S(=O)(=O)Nc1cncc(Cl)c1. The van der Waals surface area contributed by atoms with Crippen LogP contribution in [0, 0.1) is 0 Å². The number of pyridine rings is 2. The highest BCUT2D eigenvalue weighted by Crippen LogP contribution is 2.28. The number of anilines is 2. The standard InChI is InChI=1S/C15H17ClN4O4S/c1-23-15-14(7-13(10-18-15)20-2-4-24-5-3-20)25(21,22)19-12-6-11(16)8-17-9-12/h6-10,19H,2-5H2,1H3. The molecule has 0 bridgehead atoms. The fraction of sp³-hybridized carbons (Fsp3) is 0.333. The van der Waals surface area contributed by atoms with E-state index in [9.17, 15) is 8.42 Å². The predicted octanol–water partition coefficient (Wildman–Crippen LogP) is 1.78. The lowest BCUT2D eigenvalue weighted by Gasteiger charge is -2.29. The van der Waals surface area contributed by atoms with Crippen LogP contribution in [-0.2, 0) is 14.8 Å². The summed E-state index contributed by atoms with van der Waals surface area (Å²) in [5, 5.41) is 0.326. The Bertz CT molecular complexity index is 856. The van der Waals surface area contributed by atoms with Gasteiger partial charge in [0.2, 0.25) is 5.88 Å². The highest BCUT2D eigenvalue weighted by Gasteiger charge is 2.24. The molecule has 3 rings (SSSR count). The van der Waals surface area contributed by atoms with Gasteiger partial charge in [-0.1, -0.05) is 11.6 Å². The summed E-state index contributed by atoms with van der Waals surface area (Å²) >= 11 is 5.85. The lowest BCUT2D eigenvalue weighted by Crippen LogP contribution is -2.36. The zero-order chi connectivity index (χ0) is 17.9. The Morgan fingerprint density at radius 1 is 1.24 bits per heavy atom. The molecule has 1 fully saturated rings. The first-order chi connectivity index (χ1) is 12.0. The van der Waals surface area contributed by atoms with Gasteiger partial charge in [0, 0.05) is 19.3 Å². The van der Waals surface area contributed by atoms with Gasteiger partial charge < -0.3 is 14.4 Å². The monoisotopic (exact) mass is 384 g/mol. The highest BCUT2D eigenvalue weighted by molar-refractivity contribution is 7.92. The largest absolute Gasteiger partial charge is 0.480 e. The Hall–Kier alpha value is -2.10. The van der Waals surface area contributed by atoms with Gasteiger partial charge in [0.25, 0.3) is 10.0 Å². The van der Waals surface area contributed by atoms with Gasteiger partial charge in [-0.15, -0.1) is 0 Å². The van der Waals surface area contributed by atoms with Crippen LogP contribution in [0.4, 0.5) is 11.4 Å². The average molecular weight is 385 g/mol. The number of morpholine rings is 1. The summed E-state index contributed by atoms with van der Waals surface area (Å²) in [6, 6.07) is 3.01. The lowest BCUT2D eigenvalue weighted by atomic mass is 10.3. The summed E-state index contributed by atoms with van der Waals surface area (Å²) in [6.07, 6.45) is 4.37. The van der Waals surface area contributed by atoms with Crippen molar-refractivity contribution >= 4 is 33.0 Å². The third-order valence-electron chi connectivity index (χ3n) is 3.62. The topological polar surface area (TPSA) is 93.7 Å². The van der Waals surface area contributed by atoms with Gasteiger partial charge in [0.15, 0.2) is 4.90 Å². The van der Waals surface area contributed by atoms with E-state index in [4.69, 9.17) is 21.1 Å². The molecule has 134 valence electrons. The van der Waals surface area contributed by atoms with E-state index < -0.39 is 10.0 Å². The van der Waals surface area contributed by atoms with Crippen molar-refractivity contribution in [3.05, 3.63) is 35.7 Å². The van der Waals surface area contributed by atoms with E-state index in [2.05, 4.69) is 14.7 Å². The van der Waals surface area contributed by atoms with Crippen molar-refractivity contribution < 1.29 is 17.9 Å². The summed E-state index contributed by atoms with van der Waals surface area (Å²) in [7, 11) is -2.56. The fourth-order valence-corrected chi connectivity index (χ4v) is 3.79. The molecule has 0 amide bonds. The molecule has 0 unspecified atom stereocenters. The molecule has 0 saturated carbocycles. The molecular formula is C15H17ClN4O4S. The first-order valence-corrected chi connectivity index (χ1v) is 9.36. The Kier molecular flexibility index (Phi) is 5.26. The smallest absolute Gasteiger partial charge is 0.267 e. The molecule has 1 N–H and O–H groups in total. The van der Waals surface area contributed by atoms with E-state index in [1.165, 1.54) is 31.6 Å². The summed E-state index contributed by atoms with van der Waals surface area (Å²) < 4.78 is 38.4. The Morgan fingerprint density at radius 3 is 2.68 bits per heavy atom. The minimum absolute atomic E-state index is 0.0134. The van der Waals surface area contributed by atoms with Crippen molar-refractivity contribution in [2.24, 2.45) is 0 Å². The van der Waals surface area contributed by atoms with Crippen LogP contribution in [-0.4, -0.2) is 51.8 Å². The van der Waals surface area contributed by atoms with E-state index >= 15 is 0 Å². The molecule has 0 spiro atoms. The second kappa shape index (κ2) is 7.42. The van der Waals surface area contributed by atoms with E-state index in [1.807, 2.05) is 4.90 Å². The van der Waals surface area contributed by atoms with Gasteiger partial charge in [-0.3, -0.25) is 9.71 Å². The van der Waals surface area contributed by atoms with Crippen LogP contribution < -0.4 is 14.4 Å². The van der Waals surface area contributed by atoms with Gasteiger partial charge in [-0.25, -0.2) is 13.4 Å². The molecule has 0 atom stereocenters. The third-order valence-corrected chi connectivity index (χ3v) is 5.20. The minimum Gasteiger partial charge on any atom is -0.480 e. The van der Waals surface area contributed by atoms with E-state index in [0.717, 1.165) is 0 Å². The number of methoxy groups -OCH3 is 1. The molecule has 0 aromatic carbocycles. The molecule has 2 aromatic heterocycles. The second-order valence-corrected chi connectivity index (χ2v) is 7.38. The van der Waals surface area contributed by atoms with Crippen molar-refractivity contribution in [3.8, 4) is 5.88 Å².